The molecule has 0 saturated carbocycles. The third-order valence-corrected chi connectivity index (χ3v) is 26.0. The van der Waals surface area contributed by atoms with Gasteiger partial charge in [-0.25, -0.2) is 0 Å². The van der Waals surface area contributed by atoms with E-state index in [4.69, 9.17) is 139 Å². The number of halogens is 10. The minimum absolute atomic E-state index is 0.545. The third kappa shape index (κ3) is 75.3. The lowest BCUT2D eigenvalue weighted by Crippen LogP contribution is -2.24. The monoisotopic (exact) mass is 1210 g/mol. The minimum Gasteiger partial charge on any atom is -0.379 e. The van der Waals surface area contributed by atoms with Crippen molar-refractivity contribution in [2.75, 3.05) is 79.3 Å². The summed E-state index contributed by atoms with van der Waals surface area (Å²) in [5, 5.41) is 0. The maximum absolute atomic E-state index is 6.18. The van der Waals surface area contributed by atoms with Crippen LogP contribution in [-0.2, 0) is 28.4 Å². The molecule has 0 aromatic heterocycles. The summed E-state index contributed by atoms with van der Waals surface area (Å²) in [5.74, 6) is 0. The molecule has 0 amide bonds. The van der Waals surface area contributed by atoms with E-state index in [1.54, 1.807) is 0 Å². The molecule has 0 spiro atoms. The molecule has 63 heavy (non-hydrogen) atoms. The molecule has 0 aliphatic carbocycles. The molecule has 0 aliphatic rings. The molecule has 0 aromatic rings. The molecule has 384 valence electrons. The molecule has 0 unspecified atom stereocenters. The molecular weight excluding hydrogens is 1130 g/mol. The average molecular weight is 1220 g/mol. The predicted octanol–water partition coefficient (Wildman–Crippen LogP) is 17.8. The number of unbranched alkanes of at least 4 members (excludes halogenated alkanes) is 8. The van der Waals surface area contributed by atoms with Crippen molar-refractivity contribution in [3.8, 4) is 0 Å². The van der Waals surface area contributed by atoms with Crippen LogP contribution in [-0.4, -0.2) is 129 Å². The number of rotatable bonds is 40. The topological polar surface area (TPSA) is 55.4 Å². The SMILES string of the molecule is C[Si](C)(Cl)CCOCCOCCOCC[Si](C)(C)Cl.C[Si](Cl)(Cl)CCCCCCC[Si](C)(C)CCCCCCC[Si](C)(Cl)Cl.C[Si](Cl)(Cl)CCOCCOCCOCC[Si](C)(Cl)Cl. The van der Waals surface area contributed by atoms with Crippen LogP contribution in [0.4, 0.5) is 0 Å². The Bertz CT molecular complexity index is 895. The molecule has 0 rings (SSSR count). The van der Waals surface area contributed by atoms with Gasteiger partial charge in [0.1, 0.15) is 0 Å². The van der Waals surface area contributed by atoms with Crippen molar-refractivity contribution in [3.05, 3.63) is 0 Å². The highest BCUT2D eigenvalue weighted by Crippen LogP contribution is 2.27. The Labute approximate surface area is 441 Å². The summed E-state index contributed by atoms with van der Waals surface area (Å²) in [7, 11) is -3.94. The van der Waals surface area contributed by atoms with Crippen LogP contribution < -0.4 is 0 Å². The molecule has 0 fully saturated rings. The summed E-state index contributed by atoms with van der Waals surface area (Å²) < 4.78 is 32.4. The molecular formula is C40H90Cl10O6Si7. The van der Waals surface area contributed by atoms with Crippen LogP contribution in [0.15, 0.2) is 0 Å². The highest BCUT2D eigenvalue weighted by atomic mass is 35.7. The second-order valence-electron chi connectivity index (χ2n) is 19.1. The van der Waals surface area contributed by atoms with Crippen molar-refractivity contribution in [1.82, 2.24) is 0 Å². The van der Waals surface area contributed by atoms with E-state index in [-0.39, 0.29) is 0 Å². The Kier molecular flexibility index (Phi) is 47.2. The van der Waals surface area contributed by atoms with Gasteiger partial charge in [-0.2, -0.15) is 22.2 Å². The van der Waals surface area contributed by atoms with E-state index in [1.165, 1.54) is 76.3 Å². The van der Waals surface area contributed by atoms with Crippen molar-refractivity contribution in [3.63, 3.8) is 0 Å². The van der Waals surface area contributed by atoms with Crippen LogP contribution in [0.25, 0.3) is 0 Å². The fourth-order valence-electron chi connectivity index (χ4n) is 5.48. The van der Waals surface area contributed by atoms with E-state index in [0.717, 1.165) is 49.5 Å². The van der Waals surface area contributed by atoms with E-state index >= 15 is 0 Å². The largest absolute Gasteiger partial charge is 0.379 e. The van der Waals surface area contributed by atoms with Gasteiger partial charge < -0.3 is 28.4 Å². The van der Waals surface area contributed by atoms with Gasteiger partial charge in [-0.3, -0.25) is 0 Å². The van der Waals surface area contributed by atoms with Crippen molar-refractivity contribution in [2.24, 2.45) is 0 Å². The molecule has 0 N–H and O–H groups in total. The fourth-order valence-corrected chi connectivity index (χ4v) is 15.1. The second kappa shape index (κ2) is 41.6. The van der Waals surface area contributed by atoms with Gasteiger partial charge in [0, 0.05) is 34.5 Å². The highest BCUT2D eigenvalue weighted by Gasteiger charge is 2.23. The quantitative estimate of drug-likeness (QED) is 0.0346. The van der Waals surface area contributed by atoms with E-state index in [2.05, 4.69) is 39.3 Å². The summed E-state index contributed by atoms with van der Waals surface area (Å²) in [5.41, 5.74) is 0. The molecule has 0 saturated heterocycles. The Morgan fingerprint density at radius 3 is 0.635 bits per heavy atom. The molecule has 0 atom stereocenters. The summed E-state index contributed by atoms with van der Waals surface area (Å²) in [4.78, 5) is 0. The lowest BCUT2D eigenvalue weighted by molar-refractivity contribution is 0.0194. The Morgan fingerprint density at radius 2 is 0.413 bits per heavy atom. The predicted molar refractivity (Wildman–Crippen MR) is 307 cm³/mol. The van der Waals surface area contributed by atoms with Crippen LogP contribution in [0.2, 0.25) is 114 Å². The van der Waals surface area contributed by atoms with Gasteiger partial charge >= 0.3 is 0 Å². The molecule has 0 aromatic carbocycles. The van der Waals surface area contributed by atoms with Crippen LogP contribution in [0.1, 0.15) is 64.2 Å². The van der Waals surface area contributed by atoms with Crippen molar-refractivity contribution >= 4 is 160 Å². The average Bonchev–Trinajstić information content (AvgIpc) is 3.10. The van der Waals surface area contributed by atoms with E-state index in [9.17, 15) is 0 Å². The van der Waals surface area contributed by atoms with Crippen molar-refractivity contribution in [1.29, 1.82) is 0 Å². The van der Waals surface area contributed by atoms with Gasteiger partial charge in [0.25, 0.3) is 13.4 Å². The Hall–Kier alpha value is 4.18. The van der Waals surface area contributed by atoms with Crippen molar-refractivity contribution in [2.45, 2.75) is 178 Å². The van der Waals surface area contributed by atoms with Gasteiger partial charge in [-0.05, 0) is 62.5 Å². The zero-order valence-electron chi connectivity index (χ0n) is 40.9. The minimum atomic E-state index is -2.02. The Balaban J connectivity index is -0.000000870. The lowest BCUT2D eigenvalue weighted by Gasteiger charge is -2.22. The normalized spacial score (nSPS) is 13.1. The zero-order chi connectivity index (χ0) is 49.0. The Morgan fingerprint density at radius 1 is 0.222 bits per heavy atom. The highest BCUT2D eigenvalue weighted by molar-refractivity contribution is 7.46. The van der Waals surface area contributed by atoms with E-state index < -0.39 is 49.6 Å². The molecule has 23 heteroatoms. The number of hydrogen-bond donors (Lipinski definition) is 0. The lowest BCUT2D eigenvalue weighted by atomic mass is 10.2. The molecule has 0 radical (unpaired) electrons. The maximum Gasteiger partial charge on any atom is 0.250 e. The smallest absolute Gasteiger partial charge is 0.250 e. The third-order valence-electron chi connectivity index (χ3n) is 9.48. The molecule has 0 bridgehead atoms. The molecule has 0 heterocycles. The zero-order valence-corrected chi connectivity index (χ0v) is 55.5. The summed E-state index contributed by atoms with van der Waals surface area (Å²) in [6.45, 7) is 21.0. The fraction of sp³-hybridized carbons (Fsp3) is 1.00. The van der Waals surface area contributed by atoms with Gasteiger partial charge in [0.15, 0.2) is 14.8 Å². The number of ether oxygens (including phenoxy) is 6. The first-order valence-corrected chi connectivity index (χ1v) is 54.0. The number of hydrogen-bond acceptors (Lipinski definition) is 6. The first-order valence-electron chi connectivity index (χ1n) is 23.2. The van der Waals surface area contributed by atoms with Crippen molar-refractivity contribution < 1.29 is 28.4 Å². The van der Waals surface area contributed by atoms with Gasteiger partial charge in [-0.15, -0.1) is 88.6 Å². The molecule has 0 aliphatic heterocycles. The molecule has 6 nitrogen and oxygen atoms in total. The van der Waals surface area contributed by atoms with Gasteiger partial charge in [0.2, 0.25) is 13.4 Å². The summed E-state index contributed by atoms with van der Waals surface area (Å²) >= 11 is 60.7. The summed E-state index contributed by atoms with van der Waals surface area (Å²) in [6.07, 6.45) is 13.4. The van der Waals surface area contributed by atoms with Crippen LogP contribution in [0.3, 0.4) is 0 Å². The van der Waals surface area contributed by atoms with Crippen LogP contribution >= 0.6 is 111 Å². The van der Waals surface area contributed by atoms with Gasteiger partial charge in [0.05, 0.1) is 52.9 Å². The van der Waals surface area contributed by atoms with E-state index in [0.29, 0.717) is 66.1 Å². The standard InChI is InChI=1S/C18H40Cl4Si3.C12H28Cl2O3Si2.C10H22Cl4O3Si2/c1-23(2,15-11-7-5-9-13-17-24(3,19)20)16-12-8-6-10-14-18-25(4,21)22;1-18(2,13)11-9-16-7-5-15-6-8-17-10-12-19(3,4)14;1-18(11,12)9-7-16-5-3-15-4-6-17-8-10-19(2,13)14/h5-18H2,1-4H3;5-12H2,1-4H3;3-10H2,1-2H3. The second-order valence-corrected chi connectivity index (χ2v) is 71.3. The first kappa shape index (κ1) is 71.4. The van der Waals surface area contributed by atoms with Crippen LogP contribution in [0, 0.1) is 0 Å². The first-order chi connectivity index (χ1) is 28.8. The van der Waals surface area contributed by atoms with Gasteiger partial charge in [-0.1, -0.05) is 116 Å². The van der Waals surface area contributed by atoms with Crippen LogP contribution in [0.5, 0.6) is 0 Å². The maximum atomic E-state index is 6.18. The van der Waals surface area contributed by atoms with E-state index in [1.807, 2.05) is 26.2 Å². The summed E-state index contributed by atoms with van der Waals surface area (Å²) in [6, 6.07) is 8.52.